The summed E-state index contributed by atoms with van der Waals surface area (Å²) < 4.78 is 0. The molecule has 25 heavy (non-hydrogen) atoms. The normalized spacial score (nSPS) is 22.3. The first-order chi connectivity index (χ1) is 11.9. The molecule has 0 spiro atoms. The van der Waals surface area contributed by atoms with Gasteiger partial charge in [0.05, 0.1) is 12.1 Å². The van der Waals surface area contributed by atoms with Crippen LogP contribution in [0.15, 0.2) is 24.3 Å². The highest BCUT2D eigenvalue weighted by Crippen LogP contribution is 2.33. The topological polar surface area (TPSA) is 107 Å². The number of benzene rings is 1. The van der Waals surface area contributed by atoms with Crippen molar-refractivity contribution in [3.63, 3.8) is 0 Å². The number of carbonyl (C=O) groups excluding carboxylic acids is 1. The second-order valence-electron chi connectivity index (χ2n) is 6.95. The Kier molecular flexibility index (Phi) is 5.03. The number of nitrogens with zero attached hydrogens (tertiary/aromatic N) is 1. The maximum Gasteiger partial charge on any atom is 0.335 e. The van der Waals surface area contributed by atoms with Gasteiger partial charge in [-0.15, -0.1) is 0 Å². The van der Waals surface area contributed by atoms with E-state index in [9.17, 15) is 14.4 Å². The standard InChI is InChI=1S/C18H22N2O5/c21-16(22)10-20(9-11-4-5-11)15-7-14(8-15)19-17(23)12-2-1-3-13(6-12)18(24)25/h1-3,6,11,14-15H,4-5,7-10H2,(H,19,23)(H,21,22)(H,24,25). The van der Waals surface area contributed by atoms with E-state index in [-0.39, 0.29) is 30.1 Å². The molecule has 0 unspecified atom stereocenters. The Morgan fingerprint density at radius 2 is 1.80 bits per heavy atom. The molecule has 0 atom stereocenters. The number of aromatic carboxylic acids is 1. The van der Waals surface area contributed by atoms with Gasteiger partial charge in [-0.05, 0) is 49.8 Å². The van der Waals surface area contributed by atoms with Crippen molar-refractivity contribution in [1.29, 1.82) is 0 Å². The number of carboxylic acid groups (broad SMARTS) is 2. The van der Waals surface area contributed by atoms with Gasteiger partial charge in [-0.2, -0.15) is 0 Å². The van der Waals surface area contributed by atoms with Crippen molar-refractivity contribution in [2.45, 2.75) is 37.8 Å². The van der Waals surface area contributed by atoms with Gasteiger partial charge in [0.25, 0.3) is 5.91 Å². The lowest BCUT2D eigenvalue weighted by atomic mass is 9.85. The van der Waals surface area contributed by atoms with Crippen LogP contribution < -0.4 is 5.32 Å². The molecule has 0 aromatic heterocycles. The summed E-state index contributed by atoms with van der Waals surface area (Å²) in [5.41, 5.74) is 0.403. The Hall–Kier alpha value is -2.41. The molecular weight excluding hydrogens is 324 g/mol. The first kappa shape index (κ1) is 17.4. The van der Waals surface area contributed by atoms with Crippen LogP contribution >= 0.6 is 0 Å². The molecule has 3 N–H and O–H groups in total. The van der Waals surface area contributed by atoms with Crippen molar-refractivity contribution in [3.05, 3.63) is 35.4 Å². The zero-order valence-corrected chi connectivity index (χ0v) is 13.9. The van der Waals surface area contributed by atoms with Crippen molar-refractivity contribution in [2.24, 2.45) is 5.92 Å². The lowest BCUT2D eigenvalue weighted by Crippen LogP contribution is -2.55. The largest absolute Gasteiger partial charge is 0.480 e. The molecule has 2 aliphatic carbocycles. The number of hydrogen-bond acceptors (Lipinski definition) is 4. The molecule has 2 saturated carbocycles. The maximum atomic E-state index is 12.3. The highest BCUT2D eigenvalue weighted by Gasteiger charge is 2.37. The molecule has 7 heteroatoms. The highest BCUT2D eigenvalue weighted by molar-refractivity contribution is 5.97. The van der Waals surface area contributed by atoms with Crippen molar-refractivity contribution in [2.75, 3.05) is 13.1 Å². The summed E-state index contributed by atoms with van der Waals surface area (Å²) >= 11 is 0. The monoisotopic (exact) mass is 346 g/mol. The third-order valence-electron chi connectivity index (χ3n) is 4.86. The summed E-state index contributed by atoms with van der Waals surface area (Å²) in [6.07, 6.45) is 3.79. The zero-order chi connectivity index (χ0) is 18.0. The first-order valence-electron chi connectivity index (χ1n) is 8.52. The van der Waals surface area contributed by atoms with E-state index >= 15 is 0 Å². The second-order valence-corrected chi connectivity index (χ2v) is 6.95. The van der Waals surface area contributed by atoms with E-state index in [1.54, 1.807) is 12.1 Å². The van der Waals surface area contributed by atoms with E-state index in [2.05, 4.69) is 5.32 Å². The van der Waals surface area contributed by atoms with Crippen LogP contribution in [0.4, 0.5) is 0 Å². The molecule has 0 aliphatic heterocycles. The number of amides is 1. The van der Waals surface area contributed by atoms with Crippen LogP contribution in [0.3, 0.4) is 0 Å². The number of hydrogen-bond donors (Lipinski definition) is 3. The molecule has 1 amide bonds. The van der Waals surface area contributed by atoms with Crippen LogP contribution in [0.5, 0.6) is 0 Å². The fourth-order valence-corrected chi connectivity index (χ4v) is 3.21. The zero-order valence-electron chi connectivity index (χ0n) is 13.9. The average Bonchev–Trinajstić information content (AvgIpc) is 3.33. The molecule has 134 valence electrons. The number of nitrogens with one attached hydrogen (secondary N) is 1. The van der Waals surface area contributed by atoms with Gasteiger partial charge in [-0.1, -0.05) is 6.07 Å². The van der Waals surface area contributed by atoms with Crippen LogP contribution in [0.2, 0.25) is 0 Å². The second kappa shape index (κ2) is 7.23. The van der Waals surface area contributed by atoms with Gasteiger partial charge in [0.15, 0.2) is 0 Å². The summed E-state index contributed by atoms with van der Waals surface area (Å²) in [6.45, 7) is 0.862. The molecule has 0 radical (unpaired) electrons. The molecule has 3 rings (SSSR count). The van der Waals surface area contributed by atoms with Crippen molar-refractivity contribution >= 4 is 17.8 Å². The Bertz CT molecular complexity index is 680. The summed E-state index contributed by atoms with van der Waals surface area (Å²) in [4.78, 5) is 36.3. The minimum absolute atomic E-state index is 0.00137. The third kappa shape index (κ3) is 4.57. The Balaban J connectivity index is 1.51. The molecule has 0 heterocycles. The van der Waals surface area contributed by atoms with Crippen LogP contribution in [0.1, 0.15) is 46.4 Å². The van der Waals surface area contributed by atoms with E-state index in [0.29, 0.717) is 11.5 Å². The summed E-state index contributed by atoms with van der Waals surface area (Å²) in [5, 5.41) is 20.9. The summed E-state index contributed by atoms with van der Waals surface area (Å²) in [5.74, 6) is -1.56. The molecule has 1 aromatic carbocycles. The van der Waals surface area contributed by atoms with Gasteiger partial charge in [-0.3, -0.25) is 14.5 Å². The Morgan fingerprint density at radius 1 is 1.12 bits per heavy atom. The number of rotatable bonds is 8. The minimum Gasteiger partial charge on any atom is -0.480 e. The van der Waals surface area contributed by atoms with E-state index in [0.717, 1.165) is 19.4 Å². The predicted molar refractivity (Wildman–Crippen MR) is 89.6 cm³/mol. The number of aliphatic carboxylic acids is 1. The highest BCUT2D eigenvalue weighted by atomic mass is 16.4. The van der Waals surface area contributed by atoms with Crippen molar-refractivity contribution < 1.29 is 24.6 Å². The van der Waals surface area contributed by atoms with E-state index in [1.807, 2.05) is 4.90 Å². The molecule has 1 aromatic rings. The van der Waals surface area contributed by atoms with Crippen molar-refractivity contribution in [1.82, 2.24) is 10.2 Å². The molecule has 0 saturated heterocycles. The summed E-state index contributed by atoms with van der Waals surface area (Å²) in [7, 11) is 0. The number of carboxylic acids is 2. The van der Waals surface area contributed by atoms with Crippen LogP contribution in [-0.2, 0) is 4.79 Å². The van der Waals surface area contributed by atoms with E-state index in [4.69, 9.17) is 10.2 Å². The number of carbonyl (C=O) groups is 3. The van der Waals surface area contributed by atoms with Gasteiger partial charge in [0.1, 0.15) is 0 Å². The smallest absolute Gasteiger partial charge is 0.335 e. The summed E-state index contributed by atoms with van der Waals surface area (Å²) in [6, 6.07) is 6.12. The lowest BCUT2D eigenvalue weighted by Gasteiger charge is -2.42. The average molecular weight is 346 g/mol. The Morgan fingerprint density at radius 3 is 2.40 bits per heavy atom. The van der Waals surface area contributed by atoms with Gasteiger partial charge >= 0.3 is 11.9 Å². The minimum atomic E-state index is -1.07. The predicted octanol–water partition coefficient (Wildman–Crippen LogP) is 1.44. The van der Waals surface area contributed by atoms with Crippen molar-refractivity contribution in [3.8, 4) is 0 Å². The molecule has 2 fully saturated rings. The molecule has 0 bridgehead atoms. The molecule has 7 nitrogen and oxygen atoms in total. The van der Waals surface area contributed by atoms with Crippen LogP contribution in [0, 0.1) is 5.92 Å². The van der Waals surface area contributed by atoms with E-state index < -0.39 is 11.9 Å². The maximum absolute atomic E-state index is 12.3. The fraction of sp³-hybridized carbons (Fsp3) is 0.500. The lowest BCUT2D eigenvalue weighted by molar-refractivity contribution is -0.139. The van der Waals surface area contributed by atoms with Gasteiger partial charge < -0.3 is 15.5 Å². The van der Waals surface area contributed by atoms with Crippen LogP contribution in [0.25, 0.3) is 0 Å². The fourth-order valence-electron chi connectivity index (χ4n) is 3.21. The van der Waals surface area contributed by atoms with Crippen LogP contribution in [-0.4, -0.2) is 58.1 Å². The quantitative estimate of drug-likeness (QED) is 0.657. The van der Waals surface area contributed by atoms with Gasteiger partial charge in [0, 0.05) is 24.2 Å². The molecule has 2 aliphatic rings. The third-order valence-corrected chi connectivity index (χ3v) is 4.86. The van der Waals surface area contributed by atoms with Gasteiger partial charge in [-0.25, -0.2) is 4.79 Å². The Labute approximate surface area is 145 Å². The first-order valence-corrected chi connectivity index (χ1v) is 8.52. The van der Waals surface area contributed by atoms with Gasteiger partial charge in [0.2, 0.25) is 0 Å². The molecular formula is C18H22N2O5. The SMILES string of the molecule is O=C(O)CN(CC1CC1)C1CC(NC(=O)c2cccc(C(=O)O)c2)C1. The van der Waals surface area contributed by atoms with E-state index in [1.165, 1.54) is 25.0 Å².